The number of benzene rings is 2. The van der Waals surface area contributed by atoms with Crippen LogP contribution in [-0.4, -0.2) is 90.5 Å². The Hall–Kier alpha value is -2.98. The molecule has 2 saturated heterocycles. The molecule has 2 fully saturated rings. The van der Waals surface area contributed by atoms with E-state index in [9.17, 15) is 32.3 Å². The number of aromatic hydroxyl groups is 1. The van der Waals surface area contributed by atoms with Gasteiger partial charge in [0.2, 0.25) is 5.91 Å². The van der Waals surface area contributed by atoms with E-state index in [1.165, 1.54) is 24.3 Å². The molecule has 41 heavy (non-hydrogen) atoms. The average molecular weight is 578 g/mol. The van der Waals surface area contributed by atoms with Crippen molar-refractivity contribution in [1.82, 2.24) is 14.7 Å². The maximum Gasteiger partial charge on any atom is 0.408 e. The van der Waals surface area contributed by atoms with Crippen LogP contribution < -0.4 is 0 Å². The van der Waals surface area contributed by atoms with Crippen LogP contribution in [0.5, 0.6) is 5.75 Å². The van der Waals surface area contributed by atoms with E-state index in [2.05, 4.69) is 4.90 Å². The summed E-state index contributed by atoms with van der Waals surface area (Å²) >= 11 is 0. The lowest BCUT2D eigenvalue weighted by Gasteiger charge is -2.45. The highest BCUT2D eigenvalue weighted by Gasteiger charge is 2.52. The van der Waals surface area contributed by atoms with Gasteiger partial charge in [0, 0.05) is 31.5 Å². The van der Waals surface area contributed by atoms with Gasteiger partial charge in [-0.05, 0) is 89.1 Å². The first-order chi connectivity index (χ1) is 19.4. The van der Waals surface area contributed by atoms with Crippen LogP contribution in [0.3, 0.4) is 0 Å². The number of rotatable bonds is 9. The number of piperidine rings is 1. The number of nitrogens with zero attached hydrogens (tertiary/aromatic N) is 3. The molecule has 2 heterocycles. The number of alkyl halides is 3. The zero-order valence-corrected chi connectivity index (χ0v) is 23.8. The maximum atomic E-state index is 14.9. The van der Waals surface area contributed by atoms with Gasteiger partial charge in [-0.1, -0.05) is 24.3 Å². The van der Waals surface area contributed by atoms with Gasteiger partial charge >= 0.3 is 6.18 Å². The molecule has 2 aromatic carbocycles. The molecule has 0 unspecified atom stereocenters. The van der Waals surface area contributed by atoms with Crippen molar-refractivity contribution in [1.29, 1.82) is 0 Å². The fourth-order valence-corrected chi connectivity index (χ4v) is 6.45. The number of amides is 1. The summed E-state index contributed by atoms with van der Waals surface area (Å²) in [5, 5.41) is 10.5. The van der Waals surface area contributed by atoms with E-state index in [0.29, 0.717) is 12.1 Å². The van der Waals surface area contributed by atoms with Crippen molar-refractivity contribution < 1.29 is 32.3 Å². The predicted octanol–water partition coefficient (Wildman–Crippen LogP) is 5.25. The van der Waals surface area contributed by atoms with Gasteiger partial charge in [-0.15, -0.1) is 0 Å². The van der Waals surface area contributed by atoms with Gasteiger partial charge in [-0.2, -0.15) is 13.2 Å². The molecule has 0 radical (unpaired) electrons. The van der Waals surface area contributed by atoms with E-state index in [0.717, 1.165) is 24.3 Å². The number of carbonyl (C=O) groups is 2. The van der Waals surface area contributed by atoms with Crippen LogP contribution in [0.1, 0.15) is 53.1 Å². The Kier molecular flexibility index (Phi) is 9.74. The van der Waals surface area contributed by atoms with Gasteiger partial charge in [0.1, 0.15) is 17.6 Å². The Labute approximate surface area is 238 Å². The number of unbranched alkanes of at least 4 members (excludes halogenated alkanes) is 1. The first-order valence-corrected chi connectivity index (χ1v) is 14.2. The van der Waals surface area contributed by atoms with Crippen molar-refractivity contribution in [3.05, 3.63) is 65.0 Å². The number of halogens is 4. The lowest BCUT2D eigenvalue weighted by Crippen LogP contribution is -2.55. The number of phenolic OH excluding ortho intramolecular Hbond substituents is 1. The molecule has 0 bridgehead atoms. The standard InChI is InChI=1S/C31H39F4N3O3/c1-20-21(11-8-12-25(20)32)28-23(29(40)22-10-4-5-13-26(22)39)18-37(16-7-6-15-36(2)3)19-24(28)30(41)38-17-9-14-27(38)31(33,34)35/h4-5,8,10-13,23-24,27-28,39H,6-7,9,14-19H2,1-3H3/t23-,24+,27-,28+/m0/s1. The smallest absolute Gasteiger partial charge is 0.408 e. The minimum absolute atomic E-state index is 0.0186. The highest BCUT2D eigenvalue weighted by molar-refractivity contribution is 6.01. The molecule has 0 saturated carbocycles. The molecule has 0 aliphatic carbocycles. The number of phenols is 1. The second-order valence-corrected chi connectivity index (χ2v) is 11.6. The van der Waals surface area contributed by atoms with Crippen LogP contribution in [0.25, 0.3) is 0 Å². The molecule has 1 amide bonds. The van der Waals surface area contributed by atoms with Gasteiger partial charge in [0.25, 0.3) is 0 Å². The molecular weight excluding hydrogens is 538 g/mol. The van der Waals surface area contributed by atoms with Crippen molar-refractivity contribution >= 4 is 11.7 Å². The second-order valence-electron chi connectivity index (χ2n) is 11.6. The molecule has 1 N–H and O–H groups in total. The third kappa shape index (κ3) is 6.92. The molecule has 0 aromatic heterocycles. The highest BCUT2D eigenvalue weighted by atomic mass is 19.4. The van der Waals surface area contributed by atoms with Crippen LogP contribution in [0, 0.1) is 24.6 Å². The summed E-state index contributed by atoms with van der Waals surface area (Å²) in [5.41, 5.74) is 0.775. The minimum Gasteiger partial charge on any atom is -0.507 e. The Morgan fingerprint density at radius 1 is 1.02 bits per heavy atom. The summed E-state index contributed by atoms with van der Waals surface area (Å²) in [6.45, 7) is 3.35. The molecule has 4 rings (SSSR count). The predicted molar refractivity (Wildman–Crippen MR) is 148 cm³/mol. The third-order valence-electron chi connectivity index (χ3n) is 8.51. The normalized spacial score (nSPS) is 23.8. The highest BCUT2D eigenvalue weighted by Crippen LogP contribution is 2.44. The summed E-state index contributed by atoms with van der Waals surface area (Å²) in [5.74, 6) is -4.54. The molecule has 224 valence electrons. The Balaban J connectivity index is 1.78. The lowest BCUT2D eigenvalue weighted by atomic mass is 9.69. The molecule has 2 aliphatic heterocycles. The van der Waals surface area contributed by atoms with Crippen LogP contribution in [0.2, 0.25) is 0 Å². The van der Waals surface area contributed by atoms with E-state index >= 15 is 0 Å². The van der Waals surface area contributed by atoms with Gasteiger partial charge in [-0.3, -0.25) is 9.59 Å². The Morgan fingerprint density at radius 3 is 2.41 bits per heavy atom. The molecule has 2 aliphatic rings. The molecule has 10 heteroatoms. The molecular formula is C31H39F4N3O3. The number of hydrogen-bond acceptors (Lipinski definition) is 5. The Bertz CT molecular complexity index is 1240. The number of carbonyl (C=O) groups excluding carboxylic acids is 2. The van der Waals surface area contributed by atoms with Crippen LogP contribution in [-0.2, 0) is 4.79 Å². The van der Waals surface area contributed by atoms with E-state index in [4.69, 9.17) is 0 Å². The zero-order valence-electron chi connectivity index (χ0n) is 23.8. The van der Waals surface area contributed by atoms with Gasteiger partial charge in [-0.25, -0.2) is 4.39 Å². The van der Waals surface area contributed by atoms with Crippen molar-refractivity contribution in [3.63, 3.8) is 0 Å². The van der Waals surface area contributed by atoms with Crippen molar-refractivity contribution in [3.8, 4) is 5.75 Å². The summed E-state index contributed by atoms with van der Waals surface area (Å²) in [7, 11) is 3.94. The summed E-state index contributed by atoms with van der Waals surface area (Å²) in [6, 6.07) is 8.68. The largest absolute Gasteiger partial charge is 0.507 e. The average Bonchev–Trinajstić information content (AvgIpc) is 3.43. The van der Waals surface area contributed by atoms with E-state index in [1.54, 1.807) is 25.1 Å². The first-order valence-electron chi connectivity index (χ1n) is 14.2. The molecule has 0 spiro atoms. The minimum atomic E-state index is -4.57. The summed E-state index contributed by atoms with van der Waals surface area (Å²) in [6.07, 6.45) is -2.85. The van der Waals surface area contributed by atoms with Gasteiger partial charge < -0.3 is 19.8 Å². The fourth-order valence-electron chi connectivity index (χ4n) is 6.45. The topological polar surface area (TPSA) is 64.1 Å². The quantitative estimate of drug-likeness (QED) is 0.251. The van der Waals surface area contributed by atoms with Crippen LogP contribution in [0.4, 0.5) is 17.6 Å². The monoisotopic (exact) mass is 577 g/mol. The molecule has 4 atom stereocenters. The van der Waals surface area contributed by atoms with Crippen molar-refractivity contribution in [2.24, 2.45) is 11.8 Å². The number of para-hydroxylation sites is 1. The van der Waals surface area contributed by atoms with E-state index < -0.39 is 47.5 Å². The SMILES string of the molecule is Cc1c(F)cccc1[C@@H]1[C@@H](C(=O)c2ccccc2O)CN(CCCCN(C)C)C[C@H]1C(=O)N1CCC[C@H]1C(F)(F)F. The molecule has 6 nitrogen and oxygen atoms in total. The van der Waals surface area contributed by atoms with Crippen LogP contribution >= 0.6 is 0 Å². The fraction of sp³-hybridized carbons (Fsp3) is 0.548. The van der Waals surface area contributed by atoms with E-state index in [-0.39, 0.29) is 49.4 Å². The number of hydrogen-bond donors (Lipinski definition) is 1. The summed E-state index contributed by atoms with van der Waals surface area (Å²) < 4.78 is 56.7. The molecule has 2 aromatic rings. The van der Waals surface area contributed by atoms with Gasteiger partial charge in [0.15, 0.2) is 5.78 Å². The van der Waals surface area contributed by atoms with Gasteiger partial charge in [0.05, 0.1) is 11.5 Å². The van der Waals surface area contributed by atoms with Crippen molar-refractivity contribution in [2.45, 2.75) is 50.7 Å². The van der Waals surface area contributed by atoms with Crippen LogP contribution in [0.15, 0.2) is 42.5 Å². The zero-order chi connectivity index (χ0) is 29.9. The second kappa shape index (κ2) is 12.9. The Morgan fingerprint density at radius 2 is 1.73 bits per heavy atom. The van der Waals surface area contributed by atoms with Crippen molar-refractivity contribution in [2.75, 3.05) is 46.8 Å². The number of likely N-dealkylation sites (tertiary alicyclic amines) is 2. The summed E-state index contributed by atoms with van der Waals surface area (Å²) in [4.78, 5) is 33.2. The number of ketones is 1. The first kappa shape index (κ1) is 31.0. The third-order valence-corrected chi connectivity index (χ3v) is 8.51. The van der Waals surface area contributed by atoms with E-state index in [1.807, 2.05) is 19.0 Å². The lowest BCUT2D eigenvalue weighted by molar-refractivity contribution is -0.185. The maximum absolute atomic E-state index is 14.9. The number of Topliss-reactive ketones (excluding diaryl/α,β-unsaturated/α-hetero) is 1.